The lowest BCUT2D eigenvalue weighted by molar-refractivity contribution is 0.666. The molecule has 0 amide bonds. The molecule has 1 aliphatic carbocycles. The van der Waals surface area contributed by atoms with Crippen molar-refractivity contribution in [2.24, 2.45) is 0 Å². The maximum absolute atomic E-state index is 6.41. The average molecular weight is 407 g/mol. The van der Waals surface area contributed by atoms with Crippen LogP contribution in [0.3, 0.4) is 0 Å². The van der Waals surface area contributed by atoms with Crippen molar-refractivity contribution in [1.29, 1.82) is 0 Å². The fraction of sp³-hybridized carbons (Fsp3) is 0.0714. The van der Waals surface area contributed by atoms with Crippen LogP contribution < -0.4 is 0 Å². The van der Waals surface area contributed by atoms with Gasteiger partial charge in [-0.2, -0.15) is 0 Å². The molecule has 0 bridgehead atoms. The summed E-state index contributed by atoms with van der Waals surface area (Å²) in [5, 5.41) is 3.10. The van der Waals surface area contributed by atoms with Crippen LogP contribution in [-0.2, 0) is 6.42 Å². The largest absolute Gasteiger partial charge is 0.455 e. The number of furan rings is 1. The van der Waals surface area contributed by atoms with Gasteiger partial charge in [0.05, 0.1) is 0 Å². The van der Waals surface area contributed by atoms with Crippen LogP contribution in [0.15, 0.2) is 89.4 Å². The Morgan fingerprint density at radius 1 is 0.733 bits per heavy atom. The average Bonchev–Trinajstić information content (AvgIpc) is 3.19. The summed E-state index contributed by atoms with van der Waals surface area (Å²) < 4.78 is 6.41. The number of fused-ring (bicyclic) bond motifs is 5. The molecule has 0 saturated heterocycles. The molecule has 1 aromatic heterocycles. The van der Waals surface area contributed by atoms with Gasteiger partial charge in [-0.1, -0.05) is 84.4 Å². The smallest absolute Gasteiger partial charge is 0.142 e. The molecule has 0 saturated carbocycles. The zero-order valence-corrected chi connectivity index (χ0v) is 17.1. The molecular formula is C28H19ClO. The lowest BCUT2D eigenvalue weighted by atomic mass is 9.90. The molecule has 6 rings (SSSR count). The van der Waals surface area contributed by atoms with Crippen molar-refractivity contribution >= 4 is 39.6 Å². The van der Waals surface area contributed by atoms with Crippen molar-refractivity contribution in [1.82, 2.24) is 0 Å². The van der Waals surface area contributed by atoms with Gasteiger partial charge < -0.3 is 4.42 Å². The lowest BCUT2D eigenvalue weighted by Crippen LogP contribution is -1.93. The molecule has 30 heavy (non-hydrogen) atoms. The molecule has 0 N–H and O–H groups in total. The highest BCUT2D eigenvalue weighted by molar-refractivity contribution is 6.30. The summed E-state index contributed by atoms with van der Waals surface area (Å²) in [5.74, 6) is 0. The zero-order chi connectivity index (χ0) is 20.1. The minimum absolute atomic E-state index is 0.747. The van der Waals surface area contributed by atoms with E-state index in [0.29, 0.717) is 0 Å². The van der Waals surface area contributed by atoms with E-state index >= 15 is 0 Å². The normalized spacial score (nSPS) is 13.1. The molecular weight excluding hydrogens is 388 g/mol. The van der Waals surface area contributed by atoms with Gasteiger partial charge in [0.2, 0.25) is 0 Å². The second-order valence-corrected chi connectivity index (χ2v) is 8.23. The standard InChI is InChI=1S/C28H19ClO/c29-20-15-12-19(13-16-20)21-7-3-4-9-23(21)24-10-5-11-26-27(24)25-17-14-18-6-1-2-8-22(18)28(25)30-26/h2-5,7-17H,1,6H2. The molecule has 0 radical (unpaired) electrons. The molecule has 4 aromatic carbocycles. The Kier molecular flexibility index (Phi) is 4.04. The Labute approximate surface area is 180 Å². The quantitative estimate of drug-likeness (QED) is 0.286. The van der Waals surface area contributed by atoms with Crippen LogP contribution in [-0.4, -0.2) is 0 Å². The summed E-state index contributed by atoms with van der Waals surface area (Å²) in [7, 11) is 0. The predicted octanol–water partition coefficient (Wildman–Crippen LogP) is 8.53. The van der Waals surface area contributed by atoms with E-state index in [1.165, 1.54) is 38.6 Å². The Bertz CT molecular complexity index is 1440. The number of halogens is 1. The third-order valence-corrected chi connectivity index (χ3v) is 6.28. The summed E-state index contributed by atoms with van der Waals surface area (Å²) in [6, 6.07) is 27.4. The summed E-state index contributed by atoms with van der Waals surface area (Å²) in [6.45, 7) is 0. The first kappa shape index (κ1) is 17.6. The number of allylic oxidation sites excluding steroid dienone is 1. The van der Waals surface area contributed by atoms with Gasteiger partial charge in [0.1, 0.15) is 11.2 Å². The highest BCUT2D eigenvalue weighted by atomic mass is 35.5. The van der Waals surface area contributed by atoms with E-state index in [0.717, 1.165) is 34.6 Å². The van der Waals surface area contributed by atoms with Crippen LogP contribution in [0.4, 0.5) is 0 Å². The molecule has 1 aliphatic rings. The van der Waals surface area contributed by atoms with Crippen LogP contribution >= 0.6 is 11.6 Å². The fourth-order valence-electron chi connectivity index (χ4n) is 4.62. The molecule has 144 valence electrons. The van der Waals surface area contributed by atoms with Crippen molar-refractivity contribution in [2.45, 2.75) is 12.8 Å². The van der Waals surface area contributed by atoms with Crippen LogP contribution in [0.1, 0.15) is 17.5 Å². The first-order valence-corrected chi connectivity index (χ1v) is 10.7. The van der Waals surface area contributed by atoms with E-state index in [2.05, 4.69) is 78.9 Å². The summed E-state index contributed by atoms with van der Waals surface area (Å²) >= 11 is 6.12. The van der Waals surface area contributed by atoms with Crippen LogP contribution in [0.2, 0.25) is 5.02 Å². The van der Waals surface area contributed by atoms with Crippen LogP contribution in [0.25, 0.3) is 50.3 Å². The molecule has 0 unspecified atom stereocenters. The minimum Gasteiger partial charge on any atom is -0.455 e. The van der Waals surface area contributed by atoms with Crippen LogP contribution in [0.5, 0.6) is 0 Å². The third kappa shape index (κ3) is 2.70. The maximum atomic E-state index is 6.41. The number of aryl methyl sites for hydroxylation is 1. The maximum Gasteiger partial charge on any atom is 0.142 e. The number of rotatable bonds is 2. The Balaban J connectivity index is 1.65. The molecule has 1 nitrogen and oxygen atoms in total. The van der Waals surface area contributed by atoms with E-state index in [1.807, 2.05) is 12.1 Å². The molecule has 0 spiro atoms. The fourth-order valence-corrected chi connectivity index (χ4v) is 4.74. The monoisotopic (exact) mass is 406 g/mol. The summed E-state index contributed by atoms with van der Waals surface area (Å²) in [5.41, 5.74) is 9.25. The number of benzene rings is 4. The molecule has 1 heterocycles. The second kappa shape index (κ2) is 6.90. The molecule has 5 aromatic rings. The van der Waals surface area contributed by atoms with Gasteiger partial charge in [-0.05, 0) is 58.9 Å². The second-order valence-electron chi connectivity index (χ2n) is 7.79. The zero-order valence-electron chi connectivity index (χ0n) is 16.4. The van der Waals surface area contributed by atoms with E-state index in [9.17, 15) is 0 Å². The van der Waals surface area contributed by atoms with Gasteiger partial charge in [0.15, 0.2) is 0 Å². The Morgan fingerprint density at radius 3 is 2.40 bits per heavy atom. The molecule has 2 heteroatoms. The van der Waals surface area contributed by atoms with Crippen LogP contribution in [0, 0.1) is 0 Å². The SMILES string of the molecule is Clc1ccc(-c2ccccc2-c2cccc3oc4c5c(ccc4c23)CCC=C5)cc1. The van der Waals surface area contributed by atoms with Crippen molar-refractivity contribution in [3.05, 3.63) is 101 Å². The lowest BCUT2D eigenvalue weighted by Gasteiger charge is -2.12. The minimum atomic E-state index is 0.747. The summed E-state index contributed by atoms with van der Waals surface area (Å²) in [4.78, 5) is 0. The highest BCUT2D eigenvalue weighted by Crippen LogP contribution is 2.42. The highest BCUT2D eigenvalue weighted by Gasteiger charge is 2.18. The van der Waals surface area contributed by atoms with E-state index in [1.54, 1.807) is 0 Å². The van der Waals surface area contributed by atoms with Crippen molar-refractivity contribution in [3.63, 3.8) is 0 Å². The molecule has 0 fully saturated rings. The Hall–Kier alpha value is -3.29. The summed E-state index contributed by atoms with van der Waals surface area (Å²) in [6.07, 6.45) is 6.63. The topological polar surface area (TPSA) is 13.1 Å². The Morgan fingerprint density at radius 2 is 1.53 bits per heavy atom. The molecule has 0 atom stereocenters. The van der Waals surface area contributed by atoms with E-state index in [-0.39, 0.29) is 0 Å². The third-order valence-electron chi connectivity index (χ3n) is 6.03. The first-order valence-electron chi connectivity index (χ1n) is 10.3. The van der Waals surface area contributed by atoms with Gasteiger partial charge in [0, 0.05) is 21.4 Å². The van der Waals surface area contributed by atoms with Gasteiger partial charge in [0.25, 0.3) is 0 Å². The van der Waals surface area contributed by atoms with E-state index in [4.69, 9.17) is 16.0 Å². The first-order chi connectivity index (χ1) is 14.8. The van der Waals surface area contributed by atoms with Gasteiger partial charge in [-0.3, -0.25) is 0 Å². The van der Waals surface area contributed by atoms with Gasteiger partial charge >= 0.3 is 0 Å². The van der Waals surface area contributed by atoms with Gasteiger partial charge in [-0.15, -0.1) is 0 Å². The molecule has 0 aliphatic heterocycles. The van der Waals surface area contributed by atoms with Crippen molar-refractivity contribution < 1.29 is 4.42 Å². The number of hydrogen-bond donors (Lipinski definition) is 0. The predicted molar refractivity (Wildman–Crippen MR) is 127 cm³/mol. The number of hydrogen-bond acceptors (Lipinski definition) is 1. The van der Waals surface area contributed by atoms with Gasteiger partial charge in [-0.25, -0.2) is 0 Å². The van der Waals surface area contributed by atoms with Crippen molar-refractivity contribution in [2.75, 3.05) is 0 Å². The van der Waals surface area contributed by atoms with Crippen molar-refractivity contribution in [3.8, 4) is 22.3 Å². The van der Waals surface area contributed by atoms with E-state index < -0.39 is 0 Å².